The van der Waals surface area contributed by atoms with E-state index in [2.05, 4.69) is 10.3 Å². The summed E-state index contributed by atoms with van der Waals surface area (Å²) in [5.41, 5.74) is 4.65. The molecule has 5 aromatic rings. The van der Waals surface area contributed by atoms with Crippen LogP contribution in [0.1, 0.15) is 11.1 Å². The van der Waals surface area contributed by atoms with Crippen LogP contribution in [0.15, 0.2) is 120 Å². The number of halogens is 1. The average Bonchev–Trinajstić information content (AvgIpc) is 3.00. The second-order valence-electron chi connectivity index (χ2n) is 9.24. The lowest BCUT2D eigenvalue weighted by Crippen LogP contribution is -2.30. The van der Waals surface area contributed by atoms with E-state index in [1.165, 1.54) is 4.57 Å². The lowest BCUT2D eigenvalue weighted by atomic mass is 10.0. The van der Waals surface area contributed by atoms with Crippen molar-refractivity contribution in [3.63, 3.8) is 0 Å². The van der Waals surface area contributed by atoms with Crippen molar-refractivity contribution in [2.45, 2.75) is 19.6 Å². The molecule has 0 unspecified atom stereocenters. The molecule has 0 amide bonds. The third-order valence-electron chi connectivity index (χ3n) is 6.47. The summed E-state index contributed by atoms with van der Waals surface area (Å²) in [5, 5.41) is 3.22. The number of hydrogen-bond acceptors (Lipinski definition) is 5. The fourth-order valence-electron chi connectivity index (χ4n) is 4.41. The van der Waals surface area contributed by atoms with E-state index in [0.717, 1.165) is 22.3 Å². The third kappa shape index (κ3) is 6.65. The van der Waals surface area contributed by atoms with Crippen LogP contribution in [-0.4, -0.2) is 22.1 Å². The highest BCUT2D eigenvalue weighted by molar-refractivity contribution is 6.32. The number of esters is 1. The summed E-state index contributed by atoms with van der Waals surface area (Å²) in [5.74, 6) is -0.466. The number of carbonyl (C=O) groups excluding carboxylic acids is 1. The van der Waals surface area contributed by atoms with Gasteiger partial charge in [-0.05, 0) is 28.7 Å². The Morgan fingerprint density at radius 1 is 0.750 bits per heavy atom. The van der Waals surface area contributed by atoms with Crippen LogP contribution >= 0.6 is 11.6 Å². The van der Waals surface area contributed by atoms with Crippen LogP contribution in [-0.2, 0) is 29.1 Å². The Hall–Kier alpha value is -4.68. The molecule has 0 saturated heterocycles. The van der Waals surface area contributed by atoms with E-state index >= 15 is 0 Å². The number of ether oxygens (including phenoxy) is 1. The van der Waals surface area contributed by atoms with Crippen LogP contribution < -0.4 is 10.9 Å². The van der Waals surface area contributed by atoms with Crippen molar-refractivity contribution in [3.05, 3.63) is 142 Å². The van der Waals surface area contributed by atoms with Crippen molar-refractivity contribution >= 4 is 23.4 Å². The summed E-state index contributed by atoms with van der Waals surface area (Å²) in [6.07, 6.45) is 0.696. The molecule has 0 spiro atoms. The van der Waals surface area contributed by atoms with Gasteiger partial charge >= 0.3 is 5.97 Å². The van der Waals surface area contributed by atoms with E-state index < -0.39 is 11.5 Å². The quantitative estimate of drug-likeness (QED) is 0.198. The summed E-state index contributed by atoms with van der Waals surface area (Å²) in [6.45, 7) is 0.278. The topological polar surface area (TPSA) is 73.2 Å². The average molecular weight is 550 g/mol. The van der Waals surface area contributed by atoms with Crippen LogP contribution in [0, 0.1) is 0 Å². The van der Waals surface area contributed by atoms with Gasteiger partial charge in [-0.3, -0.25) is 14.2 Å². The Morgan fingerprint density at radius 2 is 1.30 bits per heavy atom. The number of anilines is 1. The molecule has 1 heterocycles. The molecule has 0 aliphatic heterocycles. The maximum atomic E-state index is 13.6. The molecule has 0 radical (unpaired) electrons. The molecular weight excluding hydrogens is 522 g/mol. The number of rotatable bonds is 10. The first-order valence-electron chi connectivity index (χ1n) is 13.0. The number of hydrogen-bond donors (Lipinski definition) is 1. The fraction of sp³-hybridized carbons (Fsp3) is 0.121. The Labute approximate surface area is 237 Å². The molecule has 0 aliphatic carbocycles. The summed E-state index contributed by atoms with van der Waals surface area (Å²) in [7, 11) is 0. The van der Waals surface area contributed by atoms with Crippen molar-refractivity contribution in [2.75, 3.05) is 11.9 Å². The minimum atomic E-state index is -0.550. The van der Waals surface area contributed by atoms with Gasteiger partial charge in [0.2, 0.25) is 0 Å². The molecule has 0 fully saturated rings. The predicted octanol–water partition coefficient (Wildman–Crippen LogP) is 6.63. The zero-order valence-electron chi connectivity index (χ0n) is 21.8. The number of carbonyl (C=O) groups is 1. The number of nitrogens with one attached hydrogen (secondary N) is 1. The van der Waals surface area contributed by atoms with E-state index in [-0.39, 0.29) is 24.1 Å². The summed E-state index contributed by atoms with van der Waals surface area (Å²) < 4.78 is 6.83. The van der Waals surface area contributed by atoms with Gasteiger partial charge in [0, 0.05) is 12.1 Å². The van der Waals surface area contributed by atoms with Gasteiger partial charge in [-0.1, -0.05) is 127 Å². The van der Waals surface area contributed by atoms with Gasteiger partial charge in [-0.15, -0.1) is 0 Å². The summed E-state index contributed by atoms with van der Waals surface area (Å²) >= 11 is 6.69. The van der Waals surface area contributed by atoms with E-state index in [0.29, 0.717) is 24.2 Å². The van der Waals surface area contributed by atoms with Gasteiger partial charge < -0.3 is 10.1 Å². The Bertz CT molecular complexity index is 1620. The Morgan fingerprint density at radius 3 is 1.95 bits per heavy atom. The molecule has 1 aromatic heterocycles. The summed E-state index contributed by atoms with van der Waals surface area (Å²) in [6, 6.07) is 37.0. The molecule has 0 aliphatic rings. The highest BCUT2D eigenvalue weighted by Gasteiger charge is 2.20. The molecule has 200 valence electrons. The van der Waals surface area contributed by atoms with E-state index in [9.17, 15) is 9.59 Å². The van der Waals surface area contributed by atoms with Crippen molar-refractivity contribution in [1.82, 2.24) is 9.55 Å². The van der Waals surface area contributed by atoms with Crippen molar-refractivity contribution in [2.24, 2.45) is 0 Å². The second kappa shape index (κ2) is 12.9. The molecule has 5 rings (SSSR count). The maximum absolute atomic E-state index is 13.6. The van der Waals surface area contributed by atoms with Gasteiger partial charge in [-0.25, -0.2) is 4.98 Å². The molecule has 1 N–H and O–H groups in total. The highest BCUT2D eigenvalue weighted by Crippen LogP contribution is 2.29. The first-order chi connectivity index (χ1) is 19.6. The van der Waals surface area contributed by atoms with Crippen molar-refractivity contribution < 1.29 is 9.53 Å². The lowest BCUT2D eigenvalue weighted by Gasteiger charge is -2.17. The maximum Gasteiger partial charge on any atom is 0.326 e. The highest BCUT2D eigenvalue weighted by atomic mass is 35.5. The molecule has 0 saturated carbocycles. The molecule has 6 nitrogen and oxygen atoms in total. The largest absolute Gasteiger partial charge is 0.459 e. The minimum Gasteiger partial charge on any atom is -0.459 e. The molecule has 0 atom stereocenters. The van der Waals surface area contributed by atoms with Crippen molar-refractivity contribution in [3.8, 4) is 22.4 Å². The zero-order chi connectivity index (χ0) is 27.7. The normalized spacial score (nSPS) is 10.7. The third-order valence-corrected chi connectivity index (χ3v) is 6.73. The van der Waals surface area contributed by atoms with Gasteiger partial charge in [0.25, 0.3) is 5.56 Å². The van der Waals surface area contributed by atoms with Gasteiger partial charge in [0.15, 0.2) is 11.0 Å². The van der Waals surface area contributed by atoms with Crippen LogP contribution in [0.5, 0.6) is 0 Å². The molecular formula is C33H28ClN3O3. The fourth-order valence-corrected chi connectivity index (χ4v) is 4.71. The van der Waals surface area contributed by atoms with Gasteiger partial charge in [0.05, 0.1) is 5.69 Å². The van der Waals surface area contributed by atoms with Gasteiger partial charge in [-0.2, -0.15) is 0 Å². The zero-order valence-corrected chi connectivity index (χ0v) is 22.6. The summed E-state index contributed by atoms with van der Waals surface area (Å²) in [4.78, 5) is 30.9. The Balaban J connectivity index is 1.43. The van der Waals surface area contributed by atoms with Crippen molar-refractivity contribution in [1.29, 1.82) is 0 Å². The number of benzene rings is 4. The first kappa shape index (κ1) is 26.9. The van der Waals surface area contributed by atoms with Crippen LogP contribution in [0.25, 0.3) is 22.4 Å². The van der Waals surface area contributed by atoms with E-state index in [4.69, 9.17) is 16.3 Å². The smallest absolute Gasteiger partial charge is 0.326 e. The van der Waals surface area contributed by atoms with E-state index in [1.807, 2.05) is 115 Å². The molecule has 4 aromatic carbocycles. The Kier molecular flexibility index (Phi) is 8.69. The number of aromatic nitrogens is 2. The van der Waals surface area contributed by atoms with Crippen LogP contribution in [0.2, 0.25) is 5.15 Å². The second-order valence-corrected chi connectivity index (χ2v) is 9.60. The standard InChI is InChI=1S/C33H28ClN3O3/c34-31-30(28-18-16-27(17-19-28)26-14-8-3-9-15-26)37(22-29(38)40-23-25-12-6-2-7-13-25)33(39)32(36-31)35-21-20-24-10-4-1-5-11-24/h1-19H,20-23H2,(H,35,36). The monoisotopic (exact) mass is 549 g/mol. The first-order valence-corrected chi connectivity index (χ1v) is 13.4. The molecule has 0 bridgehead atoms. The lowest BCUT2D eigenvalue weighted by molar-refractivity contribution is -0.145. The predicted molar refractivity (Wildman–Crippen MR) is 159 cm³/mol. The minimum absolute atomic E-state index is 0.0847. The van der Waals surface area contributed by atoms with Gasteiger partial charge in [0.1, 0.15) is 13.2 Å². The SMILES string of the molecule is O=C(Cn1c(-c2ccc(-c3ccccc3)cc2)c(Cl)nc(NCCc2ccccc2)c1=O)OCc1ccccc1. The van der Waals surface area contributed by atoms with Crippen LogP contribution in [0.4, 0.5) is 5.82 Å². The van der Waals surface area contributed by atoms with Crippen LogP contribution in [0.3, 0.4) is 0 Å². The number of nitrogens with zero attached hydrogens (tertiary/aromatic N) is 2. The molecule has 7 heteroatoms. The van der Waals surface area contributed by atoms with E-state index in [1.54, 1.807) is 0 Å². The molecule has 40 heavy (non-hydrogen) atoms.